The van der Waals surface area contributed by atoms with Gasteiger partial charge in [-0.3, -0.25) is 14.4 Å². The van der Waals surface area contributed by atoms with E-state index in [1.807, 2.05) is 41.3 Å². The zero-order valence-electron chi connectivity index (χ0n) is 26.9. The second kappa shape index (κ2) is 12.9. The Hall–Kier alpha value is -4.77. The number of aromatic amines is 1. The number of benzene rings is 3. The van der Waals surface area contributed by atoms with Crippen molar-refractivity contribution in [3.8, 4) is 0 Å². The summed E-state index contributed by atoms with van der Waals surface area (Å²) in [5, 5.41) is 10.7. The van der Waals surface area contributed by atoms with Gasteiger partial charge in [-0.2, -0.15) is 13.2 Å². The molecule has 2 fully saturated rings. The number of carbonyl (C=O) groups excluding carboxylic acids is 2. The van der Waals surface area contributed by atoms with E-state index >= 15 is 0 Å². The number of alkyl halides is 3. The van der Waals surface area contributed by atoms with Crippen LogP contribution in [0.5, 0.6) is 0 Å². The number of aliphatic hydroxyl groups is 1. The Bertz CT molecular complexity index is 1930. The van der Waals surface area contributed by atoms with Gasteiger partial charge in [-0.15, -0.1) is 0 Å². The van der Waals surface area contributed by atoms with Gasteiger partial charge in [-0.05, 0) is 85.4 Å². The first-order valence-electron chi connectivity index (χ1n) is 16.7. The summed E-state index contributed by atoms with van der Waals surface area (Å²) in [6, 6.07) is 21.9. The number of hydrogen-bond acceptors (Lipinski definition) is 5. The molecule has 2 aliphatic heterocycles. The van der Waals surface area contributed by atoms with E-state index in [0.717, 1.165) is 49.4 Å². The molecular weight excluding hydrogens is 633 g/mol. The van der Waals surface area contributed by atoms with Crippen LogP contribution in [0.1, 0.15) is 93.8 Å². The van der Waals surface area contributed by atoms with Crippen LogP contribution in [0.2, 0.25) is 0 Å². The standard InChI is InChI=1S/C38H37F3N4O4/c39-38(40,41)29-12-5-10-27(22-29)32(46)35(49)45-18-6-13-31-30(23-45)33(47)43-36(42-31)37(16-17-37)28-11-4-9-26(21-28)24-14-19-44(20-15-24)34(48)25-7-2-1-3-8-25/h1-5,7-12,21-22,24,32,46H,6,13-20,23H2,(H,42,43,47)/t32-/m1/s1. The van der Waals surface area contributed by atoms with E-state index < -0.39 is 29.2 Å². The number of rotatable bonds is 6. The summed E-state index contributed by atoms with van der Waals surface area (Å²) >= 11 is 0. The number of nitrogens with zero attached hydrogens (tertiary/aromatic N) is 3. The van der Waals surface area contributed by atoms with Crippen LogP contribution in [0.3, 0.4) is 0 Å². The number of aromatic nitrogens is 2. The van der Waals surface area contributed by atoms with Crippen LogP contribution in [-0.4, -0.2) is 56.3 Å². The van der Waals surface area contributed by atoms with E-state index in [9.17, 15) is 32.7 Å². The fourth-order valence-corrected chi connectivity index (χ4v) is 7.29. The Morgan fingerprint density at radius 1 is 0.918 bits per heavy atom. The average Bonchev–Trinajstić information content (AvgIpc) is 3.96. The van der Waals surface area contributed by atoms with E-state index in [-0.39, 0.29) is 30.1 Å². The van der Waals surface area contributed by atoms with Crippen molar-refractivity contribution in [2.75, 3.05) is 19.6 Å². The third-order valence-electron chi connectivity index (χ3n) is 10.3. The van der Waals surface area contributed by atoms with Crippen molar-refractivity contribution in [2.45, 2.75) is 68.7 Å². The number of likely N-dealkylation sites (tertiary alicyclic amines) is 1. The first-order chi connectivity index (χ1) is 23.5. The summed E-state index contributed by atoms with van der Waals surface area (Å²) in [5.74, 6) is 0.202. The summed E-state index contributed by atoms with van der Waals surface area (Å²) in [4.78, 5) is 51.0. The van der Waals surface area contributed by atoms with Crippen LogP contribution in [0.4, 0.5) is 13.2 Å². The highest BCUT2D eigenvalue weighted by molar-refractivity contribution is 5.94. The first kappa shape index (κ1) is 32.8. The van der Waals surface area contributed by atoms with E-state index in [1.54, 1.807) is 0 Å². The minimum absolute atomic E-state index is 0.0577. The van der Waals surface area contributed by atoms with Crippen molar-refractivity contribution >= 4 is 11.8 Å². The van der Waals surface area contributed by atoms with Crippen molar-refractivity contribution < 1.29 is 27.9 Å². The number of nitrogens with one attached hydrogen (secondary N) is 1. The first-order valence-corrected chi connectivity index (χ1v) is 16.7. The molecule has 1 saturated carbocycles. The van der Waals surface area contributed by atoms with E-state index in [2.05, 4.69) is 23.2 Å². The summed E-state index contributed by atoms with van der Waals surface area (Å²) in [6.07, 6.45) is -2.09. The van der Waals surface area contributed by atoms with Gasteiger partial charge in [0.15, 0.2) is 6.10 Å². The lowest BCUT2D eigenvalue weighted by Crippen LogP contribution is -2.37. The highest BCUT2D eigenvalue weighted by atomic mass is 19.4. The minimum atomic E-state index is -4.61. The molecule has 49 heavy (non-hydrogen) atoms. The number of amides is 2. The molecule has 1 saturated heterocycles. The molecule has 1 aliphatic carbocycles. The Morgan fingerprint density at radius 3 is 2.37 bits per heavy atom. The molecule has 3 aliphatic rings. The molecule has 3 aromatic carbocycles. The third-order valence-corrected chi connectivity index (χ3v) is 10.3. The predicted molar refractivity (Wildman–Crippen MR) is 176 cm³/mol. The molecule has 0 unspecified atom stereocenters. The molecule has 8 nitrogen and oxygen atoms in total. The summed E-state index contributed by atoms with van der Waals surface area (Å²) in [5.41, 5.74) is 2.04. The number of aryl methyl sites for hydroxylation is 1. The monoisotopic (exact) mass is 670 g/mol. The molecule has 7 rings (SSSR count). The molecule has 0 bridgehead atoms. The Kier molecular flexibility index (Phi) is 8.64. The van der Waals surface area contributed by atoms with Gasteiger partial charge in [0.05, 0.1) is 28.8 Å². The van der Waals surface area contributed by atoms with Crippen LogP contribution in [-0.2, 0) is 29.4 Å². The zero-order chi connectivity index (χ0) is 34.3. The van der Waals surface area contributed by atoms with Gasteiger partial charge in [-0.25, -0.2) is 4.98 Å². The predicted octanol–water partition coefficient (Wildman–Crippen LogP) is 5.90. The molecule has 2 amide bonds. The maximum atomic E-state index is 13.6. The summed E-state index contributed by atoms with van der Waals surface area (Å²) < 4.78 is 39.7. The molecule has 1 aromatic heterocycles. The van der Waals surface area contributed by atoms with Gasteiger partial charge in [0.1, 0.15) is 5.82 Å². The number of hydrogen-bond donors (Lipinski definition) is 2. The van der Waals surface area contributed by atoms with E-state index in [4.69, 9.17) is 4.98 Å². The van der Waals surface area contributed by atoms with Crippen LogP contribution in [0, 0.1) is 0 Å². The maximum Gasteiger partial charge on any atom is 0.416 e. The van der Waals surface area contributed by atoms with Crippen molar-refractivity contribution in [3.63, 3.8) is 0 Å². The molecule has 1 atom stereocenters. The van der Waals surface area contributed by atoms with Crippen LogP contribution >= 0.6 is 0 Å². The third kappa shape index (κ3) is 6.51. The van der Waals surface area contributed by atoms with Crippen molar-refractivity contribution in [1.29, 1.82) is 0 Å². The van der Waals surface area contributed by atoms with Gasteiger partial charge in [0.2, 0.25) is 0 Å². The second-order valence-electron chi connectivity index (χ2n) is 13.4. The SMILES string of the molecule is O=C(c1ccccc1)N1CCC(c2cccc(C3(c4nc5c(c(=O)[nH]4)CN(C(=O)[C@H](O)c4cccc(C(F)(F)F)c4)CCC5)CC3)c2)CC1. The van der Waals surface area contributed by atoms with Crippen LogP contribution < -0.4 is 5.56 Å². The second-order valence-corrected chi connectivity index (χ2v) is 13.4. The van der Waals surface area contributed by atoms with Gasteiger partial charge in [0.25, 0.3) is 17.4 Å². The fraction of sp³-hybridized carbons (Fsp3) is 0.368. The molecule has 11 heteroatoms. The summed E-state index contributed by atoms with van der Waals surface area (Å²) in [6.45, 7) is 1.50. The molecular formula is C38H37F3N4O4. The van der Waals surface area contributed by atoms with Gasteiger partial charge >= 0.3 is 6.18 Å². The Morgan fingerprint density at radius 2 is 1.65 bits per heavy atom. The topological polar surface area (TPSA) is 107 Å². The number of piperidine rings is 1. The minimum Gasteiger partial charge on any atom is -0.378 e. The number of aliphatic hydroxyl groups excluding tert-OH is 1. The van der Waals surface area contributed by atoms with Gasteiger partial charge in [0, 0.05) is 25.2 Å². The summed E-state index contributed by atoms with van der Waals surface area (Å²) in [7, 11) is 0. The number of H-pyrrole nitrogens is 1. The molecule has 2 N–H and O–H groups in total. The highest BCUT2D eigenvalue weighted by Gasteiger charge is 2.49. The van der Waals surface area contributed by atoms with E-state index in [1.165, 1.54) is 16.5 Å². The average molecular weight is 671 g/mol. The number of carbonyl (C=O) groups is 2. The van der Waals surface area contributed by atoms with Crippen LogP contribution in [0.15, 0.2) is 83.7 Å². The van der Waals surface area contributed by atoms with Crippen LogP contribution in [0.25, 0.3) is 0 Å². The van der Waals surface area contributed by atoms with Crippen molar-refractivity contribution in [3.05, 3.63) is 134 Å². The smallest absolute Gasteiger partial charge is 0.378 e. The van der Waals surface area contributed by atoms with Gasteiger partial charge in [-0.1, -0.05) is 54.6 Å². The normalized spacial score (nSPS) is 18.4. The lowest BCUT2D eigenvalue weighted by atomic mass is 9.85. The molecule has 0 radical (unpaired) electrons. The van der Waals surface area contributed by atoms with Crippen molar-refractivity contribution in [2.24, 2.45) is 0 Å². The molecule has 254 valence electrons. The number of halogens is 3. The highest BCUT2D eigenvalue weighted by Crippen LogP contribution is 2.52. The lowest BCUT2D eigenvalue weighted by molar-refractivity contribution is -0.142. The fourth-order valence-electron chi connectivity index (χ4n) is 7.29. The quantitative estimate of drug-likeness (QED) is 0.266. The Labute approximate surface area is 281 Å². The maximum absolute atomic E-state index is 13.6. The Balaban J connectivity index is 1.07. The molecule has 4 aromatic rings. The van der Waals surface area contributed by atoms with E-state index in [0.29, 0.717) is 54.5 Å². The van der Waals surface area contributed by atoms with Crippen molar-refractivity contribution in [1.82, 2.24) is 19.8 Å². The largest absolute Gasteiger partial charge is 0.416 e. The molecule has 0 spiro atoms. The lowest BCUT2D eigenvalue weighted by Gasteiger charge is -2.32. The molecule has 3 heterocycles. The van der Waals surface area contributed by atoms with Gasteiger partial charge < -0.3 is 19.9 Å². The number of fused-ring (bicyclic) bond motifs is 1. The zero-order valence-corrected chi connectivity index (χ0v) is 26.9.